The SMILES string of the molecule is CCCN(C)c1ncccc1-c1ccc2cc[nH]c2c1. The van der Waals surface area contributed by atoms with Gasteiger partial charge in [0.05, 0.1) is 0 Å². The summed E-state index contributed by atoms with van der Waals surface area (Å²) in [5.41, 5.74) is 3.54. The summed E-state index contributed by atoms with van der Waals surface area (Å²) in [5, 5.41) is 1.24. The van der Waals surface area contributed by atoms with Crippen molar-refractivity contribution in [3.63, 3.8) is 0 Å². The Balaban J connectivity index is 2.08. The number of benzene rings is 1. The average molecular weight is 265 g/mol. The van der Waals surface area contributed by atoms with Crippen LogP contribution in [0.25, 0.3) is 22.0 Å². The van der Waals surface area contributed by atoms with Crippen LogP contribution in [0.4, 0.5) is 5.82 Å². The number of aromatic nitrogens is 2. The quantitative estimate of drug-likeness (QED) is 0.771. The molecule has 0 saturated heterocycles. The Kier molecular flexibility index (Phi) is 3.42. The molecule has 0 aliphatic carbocycles. The highest BCUT2D eigenvalue weighted by Crippen LogP contribution is 2.30. The van der Waals surface area contributed by atoms with Gasteiger partial charge in [0.1, 0.15) is 5.82 Å². The first kappa shape index (κ1) is 12.7. The molecule has 3 aromatic rings. The van der Waals surface area contributed by atoms with E-state index in [1.165, 1.54) is 16.5 Å². The molecule has 0 amide bonds. The van der Waals surface area contributed by atoms with Gasteiger partial charge in [-0.1, -0.05) is 19.1 Å². The molecule has 0 saturated carbocycles. The van der Waals surface area contributed by atoms with Gasteiger partial charge in [0.2, 0.25) is 0 Å². The lowest BCUT2D eigenvalue weighted by Crippen LogP contribution is -2.19. The predicted molar refractivity (Wildman–Crippen MR) is 85.1 cm³/mol. The topological polar surface area (TPSA) is 31.9 Å². The van der Waals surface area contributed by atoms with Gasteiger partial charge in [0.15, 0.2) is 0 Å². The molecule has 2 heterocycles. The van der Waals surface area contributed by atoms with Gasteiger partial charge in [0, 0.05) is 37.1 Å². The van der Waals surface area contributed by atoms with E-state index in [1.807, 2.05) is 18.5 Å². The lowest BCUT2D eigenvalue weighted by Gasteiger charge is -2.20. The minimum atomic E-state index is 1.01. The summed E-state index contributed by atoms with van der Waals surface area (Å²) in [6.45, 7) is 3.19. The fourth-order valence-corrected chi connectivity index (χ4v) is 2.58. The Morgan fingerprint density at radius 1 is 1.20 bits per heavy atom. The van der Waals surface area contributed by atoms with E-state index in [-0.39, 0.29) is 0 Å². The van der Waals surface area contributed by atoms with E-state index in [1.54, 1.807) is 0 Å². The van der Waals surface area contributed by atoms with Crippen molar-refractivity contribution >= 4 is 16.7 Å². The minimum Gasteiger partial charge on any atom is -0.361 e. The van der Waals surface area contributed by atoms with Crippen LogP contribution in [0, 0.1) is 0 Å². The second kappa shape index (κ2) is 5.37. The van der Waals surface area contributed by atoms with Crippen molar-refractivity contribution in [3.8, 4) is 11.1 Å². The Labute approximate surface area is 119 Å². The number of H-pyrrole nitrogens is 1. The molecular weight excluding hydrogens is 246 g/mol. The second-order valence-electron chi connectivity index (χ2n) is 5.08. The molecule has 1 aromatic carbocycles. The predicted octanol–water partition coefficient (Wildman–Crippen LogP) is 4.08. The number of nitrogens with zero attached hydrogens (tertiary/aromatic N) is 2. The van der Waals surface area contributed by atoms with Crippen LogP contribution in [-0.2, 0) is 0 Å². The zero-order valence-electron chi connectivity index (χ0n) is 11.9. The van der Waals surface area contributed by atoms with E-state index in [0.717, 1.165) is 24.3 Å². The molecule has 0 aliphatic rings. The first-order valence-electron chi connectivity index (χ1n) is 7.03. The van der Waals surface area contributed by atoms with Gasteiger partial charge in [0.25, 0.3) is 0 Å². The lowest BCUT2D eigenvalue weighted by molar-refractivity contribution is 0.839. The maximum absolute atomic E-state index is 4.56. The zero-order valence-corrected chi connectivity index (χ0v) is 11.9. The maximum atomic E-state index is 4.56. The number of rotatable bonds is 4. The molecule has 0 atom stereocenters. The molecule has 0 spiro atoms. The van der Waals surface area contributed by atoms with Gasteiger partial charge in [-0.2, -0.15) is 0 Å². The van der Waals surface area contributed by atoms with Crippen LogP contribution in [-0.4, -0.2) is 23.6 Å². The van der Waals surface area contributed by atoms with Crippen LogP contribution in [0.5, 0.6) is 0 Å². The monoisotopic (exact) mass is 265 g/mol. The van der Waals surface area contributed by atoms with Crippen LogP contribution in [0.15, 0.2) is 48.8 Å². The van der Waals surface area contributed by atoms with Crippen molar-refractivity contribution < 1.29 is 0 Å². The van der Waals surface area contributed by atoms with E-state index in [9.17, 15) is 0 Å². The van der Waals surface area contributed by atoms with Crippen LogP contribution in [0.2, 0.25) is 0 Å². The molecule has 0 bridgehead atoms. The normalized spacial score (nSPS) is 10.9. The highest BCUT2D eigenvalue weighted by atomic mass is 15.2. The molecular formula is C17H19N3. The molecule has 0 unspecified atom stereocenters. The summed E-state index contributed by atoms with van der Waals surface area (Å²) in [4.78, 5) is 10.0. The number of nitrogens with one attached hydrogen (secondary N) is 1. The second-order valence-corrected chi connectivity index (χ2v) is 5.08. The highest BCUT2D eigenvalue weighted by Gasteiger charge is 2.10. The minimum absolute atomic E-state index is 1.01. The first-order valence-corrected chi connectivity index (χ1v) is 7.03. The van der Waals surface area contributed by atoms with E-state index < -0.39 is 0 Å². The van der Waals surface area contributed by atoms with Gasteiger partial charge in [-0.05, 0) is 41.6 Å². The third-order valence-electron chi connectivity index (χ3n) is 3.57. The van der Waals surface area contributed by atoms with E-state index in [0.29, 0.717) is 0 Å². The molecule has 0 radical (unpaired) electrons. The Morgan fingerprint density at radius 3 is 2.95 bits per heavy atom. The van der Waals surface area contributed by atoms with Crippen LogP contribution >= 0.6 is 0 Å². The van der Waals surface area contributed by atoms with E-state index >= 15 is 0 Å². The summed E-state index contributed by atoms with van der Waals surface area (Å²) in [6.07, 6.45) is 4.95. The molecule has 2 aromatic heterocycles. The molecule has 20 heavy (non-hydrogen) atoms. The molecule has 0 fully saturated rings. The van der Waals surface area contributed by atoms with Crippen molar-refractivity contribution in [1.82, 2.24) is 9.97 Å². The molecule has 102 valence electrons. The van der Waals surface area contributed by atoms with Gasteiger partial charge < -0.3 is 9.88 Å². The van der Waals surface area contributed by atoms with Crippen LogP contribution in [0.1, 0.15) is 13.3 Å². The number of anilines is 1. The van der Waals surface area contributed by atoms with Gasteiger partial charge in [-0.15, -0.1) is 0 Å². The summed E-state index contributed by atoms with van der Waals surface area (Å²) >= 11 is 0. The summed E-state index contributed by atoms with van der Waals surface area (Å²) < 4.78 is 0. The fourth-order valence-electron chi connectivity index (χ4n) is 2.58. The van der Waals surface area contributed by atoms with Crippen LogP contribution in [0.3, 0.4) is 0 Å². The first-order chi connectivity index (χ1) is 9.79. The Bertz CT molecular complexity index is 715. The highest BCUT2D eigenvalue weighted by molar-refractivity contribution is 5.87. The van der Waals surface area contributed by atoms with E-state index in [4.69, 9.17) is 0 Å². The average Bonchev–Trinajstić information content (AvgIpc) is 2.95. The molecule has 3 nitrogen and oxygen atoms in total. The zero-order chi connectivity index (χ0) is 13.9. The number of fused-ring (bicyclic) bond motifs is 1. The Morgan fingerprint density at radius 2 is 2.10 bits per heavy atom. The van der Waals surface area contributed by atoms with Gasteiger partial charge >= 0.3 is 0 Å². The van der Waals surface area contributed by atoms with Crippen molar-refractivity contribution in [1.29, 1.82) is 0 Å². The van der Waals surface area contributed by atoms with Gasteiger partial charge in [-0.3, -0.25) is 0 Å². The van der Waals surface area contributed by atoms with Crippen molar-refractivity contribution in [3.05, 3.63) is 48.8 Å². The summed E-state index contributed by atoms with van der Waals surface area (Å²) in [5.74, 6) is 1.04. The standard InChI is InChI=1S/C17H19N3/c1-3-11-20(2)17-15(5-4-9-19-17)14-7-6-13-8-10-18-16(13)12-14/h4-10,12,18H,3,11H2,1-2H3. The van der Waals surface area contributed by atoms with Crippen molar-refractivity contribution in [2.75, 3.05) is 18.5 Å². The maximum Gasteiger partial charge on any atom is 0.136 e. The lowest BCUT2D eigenvalue weighted by atomic mass is 10.0. The van der Waals surface area contributed by atoms with Crippen molar-refractivity contribution in [2.24, 2.45) is 0 Å². The molecule has 3 heteroatoms. The molecule has 1 N–H and O–H groups in total. The third-order valence-corrected chi connectivity index (χ3v) is 3.57. The summed E-state index contributed by atoms with van der Waals surface area (Å²) in [6, 6.07) is 12.7. The van der Waals surface area contributed by atoms with Gasteiger partial charge in [-0.25, -0.2) is 4.98 Å². The number of aromatic amines is 1. The van der Waals surface area contributed by atoms with E-state index in [2.05, 4.69) is 59.2 Å². The smallest absolute Gasteiger partial charge is 0.136 e. The number of pyridine rings is 1. The fraction of sp³-hybridized carbons (Fsp3) is 0.235. The number of hydrogen-bond acceptors (Lipinski definition) is 2. The molecule has 0 aliphatic heterocycles. The third kappa shape index (κ3) is 2.27. The van der Waals surface area contributed by atoms with Crippen LogP contribution < -0.4 is 4.90 Å². The summed E-state index contributed by atoms with van der Waals surface area (Å²) in [7, 11) is 2.10. The molecule has 3 rings (SSSR count). The largest absolute Gasteiger partial charge is 0.361 e. The van der Waals surface area contributed by atoms with Crippen molar-refractivity contribution in [2.45, 2.75) is 13.3 Å². The number of hydrogen-bond donors (Lipinski definition) is 1. The Hall–Kier alpha value is -2.29.